The van der Waals surface area contributed by atoms with Crippen LogP contribution in [0.25, 0.3) is 0 Å². The number of fused-ring (bicyclic) bond motifs is 1. The smallest absolute Gasteiger partial charge is 0.125 e. The molecule has 1 aliphatic heterocycles. The highest BCUT2D eigenvalue weighted by atomic mass is 35.5. The van der Waals surface area contributed by atoms with Gasteiger partial charge < -0.3 is 10.5 Å². The van der Waals surface area contributed by atoms with Crippen molar-refractivity contribution in [3.63, 3.8) is 0 Å². The number of halogens is 1. The molecule has 2 N–H and O–H groups in total. The highest BCUT2D eigenvalue weighted by molar-refractivity contribution is 6.30. The molecule has 0 amide bonds. The Hall–Kier alpha value is -0.730. The van der Waals surface area contributed by atoms with Crippen LogP contribution in [-0.2, 0) is 12.8 Å². The molecule has 0 saturated heterocycles. The van der Waals surface area contributed by atoms with E-state index in [0.717, 1.165) is 43.1 Å². The van der Waals surface area contributed by atoms with Crippen LogP contribution in [0.4, 0.5) is 0 Å². The van der Waals surface area contributed by atoms with E-state index >= 15 is 0 Å². The molecular weight excluding hydrogens is 222 g/mol. The summed E-state index contributed by atoms with van der Waals surface area (Å²) in [6.07, 6.45) is 4.12. The molecule has 1 atom stereocenters. The van der Waals surface area contributed by atoms with Gasteiger partial charge in [0.25, 0.3) is 0 Å². The second-order valence-corrected chi connectivity index (χ2v) is 4.96. The molecule has 3 heteroatoms. The van der Waals surface area contributed by atoms with E-state index in [9.17, 15) is 0 Å². The van der Waals surface area contributed by atoms with E-state index in [2.05, 4.69) is 0 Å². The highest BCUT2D eigenvalue weighted by Crippen LogP contribution is 2.33. The van der Waals surface area contributed by atoms with Gasteiger partial charge in [0.2, 0.25) is 0 Å². The molecule has 0 aliphatic carbocycles. The normalized spacial score (nSPS) is 15.7. The van der Waals surface area contributed by atoms with Gasteiger partial charge in [0, 0.05) is 17.5 Å². The zero-order valence-corrected chi connectivity index (χ0v) is 10.4. The summed E-state index contributed by atoms with van der Waals surface area (Å²) in [5.41, 5.74) is 8.23. The Morgan fingerprint density at radius 2 is 2.31 bits per heavy atom. The molecule has 88 valence electrons. The second-order valence-electron chi connectivity index (χ2n) is 4.52. The molecule has 1 unspecified atom stereocenters. The number of rotatable bonds is 4. The van der Waals surface area contributed by atoms with Crippen LogP contribution in [0.2, 0.25) is 5.02 Å². The van der Waals surface area contributed by atoms with Crippen molar-refractivity contribution in [3.05, 3.63) is 28.3 Å². The summed E-state index contributed by atoms with van der Waals surface area (Å²) in [4.78, 5) is 0. The Labute approximate surface area is 102 Å². The zero-order valence-electron chi connectivity index (χ0n) is 9.63. The monoisotopic (exact) mass is 239 g/mol. The minimum absolute atomic E-state index is 0.271. The van der Waals surface area contributed by atoms with E-state index in [1.165, 1.54) is 11.1 Å². The Balaban J connectivity index is 2.08. The summed E-state index contributed by atoms with van der Waals surface area (Å²) in [6, 6.07) is 4.31. The highest BCUT2D eigenvalue weighted by Gasteiger charge is 2.17. The first-order chi connectivity index (χ1) is 7.66. The van der Waals surface area contributed by atoms with Crippen molar-refractivity contribution >= 4 is 11.6 Å². The zero-order chi connectivity index (χ0) is 11.5. The lowest BCUT2D eigenvalue weighted by Crippen LogP contribution is -2.14. The average Bonchev–Trinajstić information content (AvgIpc) is 2.64. The standard InChI is InChI=1S/C13H18ClNO/c1-9(15)3-2-4-10-7-12(14)8-11-5-6-16-13(10)11/h7-9H,2-6,15H2,1H3. The van der Waals surface area contributed by atoms with Gasteiger partial charge in [-0.1, -0.05) is 11.6 Å². The van der Waals surface area contributed by atoms with Gasteiger partial charge in [-0.2, -0.15) is 0 Å². The molecule has 2 nitrogen and oxygen atoms in total. The van der Waals surface area contributed by atoms with Crippen molar-refractivity contribution in [2.75, 3.05) is 6.61 Å². The van der Waals surface area contributed by atoms with Crippen LogP contribution >= 0.6 is 11.6 Å². The minimum Gasteiger partial charge on any atom is -0.493 e. The number of ether oxygens (including phenoxy) is 1. The molecule has 0 aromatic heterocycles. The third-order valence-electron chi connectivity index (χ3n) is 2.93. The molecule has 0 radical (unpaired) electrons. The maximum Gasteiger partial charge on any atom is 0.125 e. The van der Waals surface area contributed by atoms with Crippen molar-refractivity contribution in [1.29, 1.82) is 0 Å². The second kappa shape index (κ2) is 5.07. The van der Waals surface area contributed by atoms with Crippen molar-refractivity contribution in [2.45, 2.75) is 38.6 Å². The van der Waals surface area contributed by atoms with E-state index in [4.69, 9.17) is 22.1 Å². The Morgan fingerprint density at radius 3 is 3.06 bits per heavy atom. The van der Waals surface area contributed by atoms with Gasteiger partial charge in [-0.15, -0.1) is 0 Å². The number of hydrogen-bond donors (Lipinski definition) is 1. The lowest BCUT2D eigenvalue weighted by Gasteiger charge is -2.09. The Morgan fingerprint density at radius 1 is 1.50 bits per heavy atom. The quantitative estimate of drug-likeness (QED) is 0.877. The molecule has 0 fully saturated rings. The van der Waals surface area contributed by atoms with Crippen molar-refractivity contribution in [1.82, 2.24) is 0 Å². The third kappa shape index (κ3) is 2.69. The van der Waals surface area contributed by atoms with Gasteiger partial charge >= 0.3 is 0 Å². The molecule has 1 heterocycles. The van der Waals surface area contributed by atoms with Crippen LogP contribution in [0.15, 0.2) is 12.1 Å². The fourth-order valence-electron chi connectivity index (χ4n) is 2.15. The first-order valence-electron chi connectivity index (χ1n) is 5.86. The van der Waals surface area contributed by atoms with E-state index in [1.807, 2.05) is 19.1 Å². The fraction of sp³-hybridized carbons (Fsp3) is 0.538. The van der Waals surface area contributed by atoms with Gasteiger partial charge in [0.05, 0.1) is 6.61 Å². The lowest BCUT2D eigenvalue weighted by molar-refractivity contribution is 0.353. The van der Waals surface area contributed by atoms with E-state index in [0.29, 0.717) is 0 Å². The molecular formula is C13H18ClNO. The molecule has 0 saturated carbocycles. The predicted octanol–water partition coefficient (Wildman–Crippen LogP) is 2.94. The predicted molar refractivity (Wildman–Crippen MR) is 67.2 cm³/mol. The SMILES string of the molecule is CC(N)CCCc1cc(Cl)cc2c1OCC2. The van der Waals surface area contributed by atoms with Gasteiger partial charge in [0.1, 0.15) is 5.75 Å². The van der Waals surface area contributed by atoms with E-state index in [1.54, 1.807) is 0 Å². The van der Waals surface area contributed by atoms with Gasteiger partial charge in [-0.05, 0) is 49.4 Å². The van der Waals surface area contributed by atoms with Gasteiger partial charge in [-0.25, -0.2) is 0 Å². The third-order valence-corrected chi connectivity index (χ3v) is 3.15. The topological polar surface area (TPSA) is 35.2 Å². The Bertz CT molecular complexity index is 376. The van der Waals surface area contributed by atoms with Crippen molar-refractivity contribution in [2.24, 2.45) is 5.73 Å². The van der Waals surface area contributed by atoms with Crippen LogP contribution in [0, 0.1) is 0 Å². The summed E-state index contributed by atoms with van der Waals surface area (Å²) in [5, 5.41) is 0.819. The van der Waals surface area contributed by atoms with E-state index in [-0.39, 0.29) is 6.04 Å². The maximum atomic E-state index is 6.09. The number of benzene rings is 1. The van der Waals surface area contributed by atoms with Gasteiger partial charge in [-0.3, -0.25) is 0 Å². The number of hydrogen-bond acceptors (Lipinski definition) is 2. The molecule has 16 heavy (non-hydrogen) atoms. The average molecular weight is 240 g/mol. The molecule has 0 spiro atoms. The molecule has 0 bridgehead atoms. The number of aryl methyl sites for hydroxylation is 1. The summed E-state index contributed by atoms with van der Waals surface area (Å²) in [6.45, 7) is 2.83. The first kappa shape index (κ1) is 11.7. The maximum absolute atomic E-state index is 6.09. The van der Waals surface area contributed by atoms with Gasteiger partial charge in [0.15, 0.2) is 0 Å². The molecule has 1 aromatic carbocycles. The lowest BCUT2D eigenvalue weighted by atomic mass is 10.0. The van der Waals surface area contributed by atoms with Crippen LogP contribution in [-0.4, -0.2) is 12.6 Å². The summed E-state index contributed by atoms with van der Waals surface area (Å²) >= 11 is 6.09. The Kier molecular flexibility index (Phi) is 3.72. The van der Waals surface area contributed by atoms with Crippen LogP contribution in [0.3, 0.4) is 0 Å². The summed E-state index contributed by atoms with van der Waals surface area (Å²) < 4.78 is 5.65. The minimum atomic E-state index is 0.271. The molecule has 1 aromatic rings. The largest absolute Gasteiger partial charge is 0.493 e. The summed E-state index contributed by atoms with van der Waals surface area (Å²) in [5.74, 6) is 1.06. The van der Waals surface area contributed by atoms with Crippen molar-refractivity contribution < 1.29 is 4.74 Å². The van der Waals surface area contributed by atoms with Crippen LogP contribution in [0.1, 0.15) is 30.9 Å². The first-order valence-corrected chi connectivity index (χ1v) is 6.24. The number of nitrogens with two attached hydrogens (primary N) is 1. The molecule has 2 rings (SSSR count). The van der Waals surface area contributed by atoms with Crippen LogP contribution in [0.5, 0.6) is 5.75 Å². The van der Waals surface area contributed by atoms with E-state index < -0.39 is 0 Å². The van der Waals surface area contributed by atoms with Crippen LogP contribution < -0.4 is 10.5 Å². The van der Waals surface area contributed by atoms with Crippen molar-refractivity contribution in [3.8, 4) is 5.75 Å². The summed E-state index contributed by atoms with van der Waals surface area (Å²) in [7, 11) is 0. The fourth-order valence-corrected chi connectivity index (χ4v) is 2.41. The molecule has 1 aliphatic rings.